The van der Waals surface area contributed by atoms with Crippen LogP contribution in [0.3, 0.4) is 0 Å². The zero-order valence-electron chi connectivity index (χ0n) is 12.7. The topological polar surface area (TPSA) is 20.2 Å². The normalized spacial score (nSPS) is 47.0. The van der Waals surface area contributed by atoms with Crippen molar-refractivity contribution in [3.63, 3.8) is 0 Å². The minimum Gasteiger partial charge on any atom is -0.389 e. The van der Waals surface area contributed by atoms with E-state index in [1.807, 2.05) is 0 Å². The molecular weight excluding hydrogens is 232 g/mol. The highest BCUT2D eigenvalue weighted by molar-refractivity contribution is 5.25. The van der Waals surface area contributed by atoms with Crippen LogP contribution in [0.4, 0.5) is 0 Å². The van der Waals surface area contributed by atoms with Gasteiger partial charge in [-0.3, -0.25) is 0 Å². The number of fused-ring (bicyclic) bond motifs is 6. The van der Waals surface area contributed by atoms with Gasteiger partial charge in [0.05, 0.1) is 5.60 Å². The van der Waals surface area contributed by atoms with Crippen molar-refractivity contribution >= 4 is 0 Å². The third-order valence-corrected chi connectivity index (χ3v) is 6.61. The van der Waals surface area contributed by atoms with Gasteiger partial charge in [-0.15, -0.1) is 0 Å². The summed E-state index contributed by atoms with van der Waals surface area (Å²) in [5, 5.41) is 11.6. The molecule has 3 rings (SSSR count). The molecule has 0 aliphatic heterocycles. The van der Waals surface area contributed by atoms with Crippen molar-refractivity contribution in [2.45, 2.75) is 77.2 Å². The molecule has 0 heterocycles. The molecule has 0 radical (unpaired) electrons. The Morgan fingerprint density at radius 3 is 2.58 bits per heavy atom. The minimum atomic E-state index is -0.352. The molecule has 0 amide bonds. The lowest BCUT2D eigenvalue weighted by Crippen LogP contribution is -2.55. The van der Waals surface area contributed by atoms with E-state index in [0.717, 1.165) is 6.42 Å². The van der Waals surface area contributed by atoms with Gasteiger partial charge in [-0.25, -0.2) is 0 Å². The summed E-state index contributed by atoms with van der Waals surface area (Å²) < 4.78 is 0. The van der Waals surface area contributed by atoms with Crippen LogP contribution in [-0.2, 0) is 0 Å². The molecule has 5 unspecified atom stereocenters. The first-order chi connectivity index (χ1) is 9.18. The van der Waals surface area contributed by atoms with Gasteiger partial charge in [0.15, 0.2) is 0 Å². The van der Waals surface area contributed by atoms with Crippen molar-refractivity contribution in [2.24, 2.45) is 23.2 Å². The number of hydrogen-bond donors (Lipinski definition) is 1. The van der Waals surface area contributed by atoms with Crippen LogP contribution < -0.4 is 0 Å². The molecule has 0 spiro atoms. The van der Waals surface area contributed by atoms with E-state index in [-0.39, 0.29) is 11.0 Å². The van der Waals surface area contributed by atoms with Gasteiger partial charge < -0.3 is 5.11 Å². The van der Waals surface area contributed by atoms with E-state index < -0.39 is 0 Å². The summed E-state index contributed by atoms with van der Waals surface area (Å²) in [6, 6.07) is 0. The second-order valence-corrected chi connectivity index (χ2v) is 7.32. The summed E-state index contributed by atoms with van der Waals surface area (Å²) in [6.07, 6.45) is 16.1. The summed E-state index contributed by atoms with van der Waals surface area (Å²) in [5.74, 6) is 1.92. The third-order valence-electron chi connectivity index (χ3n) is 6.61. The molecule has 3 aliphatic rings. The van der Waals surface area contributed by atoms with Crippen LogP contribution >= 0.6 is 0 Å². The molecule has 108 valence electrons. The molecule has 0 aromatic carbocycles. The summed E-state index contributed by atoms with van der Waals surface area (Å²) in [6.45, 7) is 4.53. The van der Waals surface area contributed by atoms with Crippen molar-refractivity contribution in [2.75, 3.05) is 0 Å². The molecule has 1 heteroatoms. The molecule has 0 aromatic heterocycles. The van der Waals surface area contributed by atoms with E-state index in [1.165, 1.54) is 51.4 Å². The predicted molar refractivity (Wildman–Crippen MR) is 79.9 cm³/mol. The highest BCUT2D eigenvalue weighted by Crippen LogP contribution is 2.68. The van der Waals surface area contributed by atoms with Crippen molar-refractivity contribution in [1.82, 2.24) is 0 Å². The van der Waals surface area contributed by atoms with Gasteiger partial charge in [-0.05, 0) is 49.9 Å². The molecule has 1 N–H and O–H groups in total. The molecule has 2 fully saturated rings. The average molecular weight is 262 g/mol. The Balaban J connectivity index is 1.92. The number of unbranched alkanes of at least 4 members (excludes halogenated alkanes) is 2. The van der Waals surface area contributed by atoms with Gasteiger partial charge in [-0.1, -0.05) is 51.7 Å². The number of allylic oxidation sites excluding steroid dienone is 2. The first-order valence-corrected chi connectivity index (χ1v) is 8.58. The highest BCUT2D eigenvalue weighted by Gasteiger charge is 2.66. The summed E-state index contributed by atoms with van der Waals surface area (Å²) in [4.78, 5) is 0. The largest absolute Gasteiger partial charge is 0.389 e. The second-order valence-electron chi connectivity index (χ2n) is 7.32. The van der Waals surface area contributed by atoms with Gasteiger partial charge in [0.1, 0.15) is 0 Å². The molecule has 1 nitrogen and oxygen atoms in total. The number of rotatable bonds is 6. The predicted octanol–water partition coefficient (Wildman–Crippen LogP) is 4.70. The second kappa shape index (κ2) is 4.91. The maximum Gasteiger partial charge on any atom is 0.0742 e. The van der Waals surface area contributed by atoms with Gasteiger partial charge in [0.2, 0.25) is 0 Å². The SMILES string of the molecule is CCCCC1(O)C2CCC1(CCCC)C1C=CC2C1. The Labute approximate surface area is 118 Å². The highest BCUT2D eigenvalue weighted by atomic mass is 16.3. The lowest BCUT2D eigenvalue weighted by molar-refractivity contribution is -0.151. The molecule has 2 saturated carbocycles. The van der Waals surface area contributed by atoms with Crippen LogP contribution in [0, 0.1) is 23.2 Å². The Morgan fingerprint density at radius 2 is 1.84 bits per heavy atom. The monoisotopic (exact) mass is 262 g/mol. The fraction of sp³-hybridized carbons (Fsp3) is 0.889. The fourth-order valence-corrected chi connectivity index (χ4v) is 5.65. The van der Waals surface area contributed by atoms with E-state index in [4.69, 9.17) is 0 Å². The van der Waals surface area contributed by atoms with E-state index >= 15 is 0 Å². The van der Waals surface area contributed by atoms with Gasteiger partial charge >= 0.3 is 0 Å². The number of hydrogen-bond acceptors (Lipinski definition) is 1. The first-order valence-electron chi connectivity index (χ1n) is 8.58. The first kappa shape index (κ1) is 13.7. The minimum absolute atomic E-state index is 0.229. The zero-order valence-corrected chi connectivity index (χ0v) is 12.7. The quantitative estimate of drug-likeness (QED) is 0.688. The van der Waals surface area contributed by atoms with Crippen LogP contribution in [0.5, 0.6) is 0 Å². The Kier molecular flexibility index (Phi) is 3.53. The maximum absolute atomic E-state index is 11.6. The average Bonchev–Trinajstić information content (AvgIpc) is 2.90. The van der Waals surface area contributed by atoms with E-state index in [0.29, 0.717) is 17.8 Å². The lowest BCUT2D eigenvalue weighted by Gasteiger charge is -2.53. The van der Waals surface area contributed by atoms with Gasteiger partial charge in [0, 0.05) is 5.41 Å². The van der Waals surface area contributed by atoms with Crippen LogP contribution in [-0.4, -0.2) is 10.7 Å². The lowest BCUT2D eigenvalue weighted by atomic mass is 9.55. The van der Waals surface area contributed by atoms with Gasteiger partial charge in [0.25, 0.3) is 0 Å². The standard InChI is InChI=1S/C18H30O/c1-3-5-10-17-12-9-16(14-7-8-15(17)13-14)18(17,19)11-6-4-2/h7-8,14-16,19H,3-6,9-13H2,1-2H3. The van der Waals surface area contributed by atoms with Crippen LogP contribution in [0.1, 0.15) is 71.6 Å². The Hall–Kier alpha value is -0.300. The molecule has 19 heavy (non-hydrogen) atoms. The molecule has 0 saturated heterocycles. The van der Waals surface area contributed by atoms with E-state index in [1.54, 1.807) is 0 Å². The van der Waals surface area contributed by atoms with Gasteiger partial charge in [-0.2, -0.15) is 0 Å². The Morgan fingerprint density at radius 1 is 1.11 bits per heavy atom. The molecular formula is C18H30O. The van der Waals surface area contributed by atoms with Crippen molar-refractivity contribution < 1.29 is 5.11 Å². The Bertz CT molecular complexity index is 361. The van der Waals surface area contributed by atoms with Crippen LogP contribution in [0.2, 0.25) is 0 Å². The molecule has 4 bridgehead atoms. The molecule has 5 atom stereocenters. The van der Waals surface area contributed by atoms with E-state index in [2.05, 4.69) is 26.0 Å². The van der Waals surface area contributed by atoms with Crippen LogP contribution in [0.25, 0.3) is 0 Å². The number of aliphatic hydroxyl groups is 1. The molecule has 0 aromatic rings. The third kappa shape index (κ3) is 1.77. The van der Waals surface area contributed by atoms with Crippen molar-refractivity contribution in [3.05, 3.63) is 12.2 Å². The molecule has 3 aliphatic carbocycles. The summed E-state index contributed by atoms with van der Waals surface area (Å²) >= 11 is 0. The fourth-order valence-electron chi connectivity index (χ4n) is 5.65. The maximum atomic E-state index is 11.6. The summed E-state index contributed by atoms with van der Waals surface area (Å²) in [5.41, 5.74) is -0.123. The van der Waals surface area contributed by atoms with Crippen molar-refractivity contribution in [3.8, 4) is 0 Å². The zero-order chi connectivity index (χ0) is 13.5. The van der Waals surface area contributed by atoms with E-state index in [9.17, 15) is 5.11 Å². The summed E-state index contributed by atoms with van der Waals surface area (Å²) in [7, 11) is 0. The smallest absolute Gasteiger partial charge is 0.0742 e. The van der Waals surface area contributed by atoms with Crippen LogP contribution in [0.15, 0.2) is 12.2 Å². The van der Waals surface area contributed by atoms with Crippen molar-refractivity contribution in [1.29, 1.82) is 0 Å².